The van der Waals surface area contributed by atoms with Gasteiger partial charge in [0.05, 0.1) is 24.4 Å². The molecule has 1 aliphatic rings. The maximum Gasteiger partial charge on any atom is 0.0895 e. The van der Waals surface area contributed by atoms with E-state index in [1.165, 1.54) is 5.56 Å². The van der Waals surface area contributed by atoms with Crippen molar-refractivity contribution >= 4 is 0 Å². The Morgan fingerprint density at radius 1 is 1.43 bits per heavy atom. The molecule has 1 aliphatic heterocycles. The van der Waals surface area contributed by atoms with Crippen LogP contribution in [0.3, 0.4) is 0 Å². The Balaban J connectivity index is 2.43. The molecule has 0 aromatic carbocycles. The van der Waals surface area contributed by atoms with Crippen molar-refractivity contribution in [2.75, 3.05) is 26.2 Å². The molecular formula is C16H30N4O. The largest absolute Gasteiger partial charge is 0.374 e. The first-order valence-electron chi connectivity index (χ1n) is 7.98. The Morgan fingerprint density at radius 2 is 2.14 bits per heavy atom. The molecule has 1 saturated heterocycles. The molecule has 0 amide bonds. The predicted octanol–water partition coefficient (Wildman–Crippen LogP) is 1.83. The van der Waals surface area contributed by atoms with Gasteiger partial charge < -0.3 is 10.5 Å². The molecule has 2 unspecified atom stereocenters. The molecule has 1 aromatic heterocycles. The van der Waals surface area contributed by atoms with Crippen molar-refractivity contribution in [1.29, 1.82) is 0 Å². The second-order valence-corrected chi connectivity index (χ2v) is 6.98. The fourth-order valence-electron chi connectivity index (χ4n) is 3.22. The molecule has 0 aliphatic carbocycles. The average molecular weight is 294 g/mol. The van der Waals surface area contributed by atoms with E-state index in [1.807, 2.05) is 11.7 Å². The summed E-state index contributed by atoms with van der Waals surface area (Å²) in [6.45, 7) is 12.2. The van der Waals surface area contributed by atoms with E-state index >= 15 is 0 Å². The third-order valence-electron chi connectivity index (χ3n) is 4.09. The van der Waals surface area contributed by atoms with Gasteiger partial charge in [0.1, 0.15) is 0 Å². The second kappa shape index (κ2) is 6.46. The lowest BCUT2D eigenvalue weighted by atomic mass is 9.85. The Bertz CT molecular complexity index is 461. The number of hydrogen-bond acceptors (Lipinski definition) is 4. The number of rotatable bonds is 4. The van der Waals surface area contributed by atoms with Gasteiger partial charge in [-0.25, -0.2) is 0 Å². The quantitative estimate of drug-likeness (QED) is 0.920. The summed E-state index contributed by atoms with van der Waals surface area (Å²) >= 11 is 0. The molecule has 5 heteroatoms. The van der Waals surface area contributed by atoms with E-state index in [0.29, 0.717) is 6.54 Å². The zero-order valence-corrected chi connectivity index (χ0v) is 14.1. The first-order valence-corrected chi connectivity index (χ1v) is 7.98. The van der Waals surface area contributed by atoms with Crippen molar-refractivity contribution in [2.24, 2.45) is 12.8 Å². The first kappa shape index (κ1) is 16.5. The Kier molecular flexibility index (Phi) is 5.07. The van der Waals surface area contributed by atoms with E-state index < -0.39 is 0 Å². The minimum atomic E-state index is 0.0189. The lowest BCUT2D eigenvalue weighted by Gasteiger charge is -2.41. The first-order chi connectivity index (χ1) is 9.88. The summed E-state index contributed by atoms with van der Waals surface area (Å²) in [5, 5.41) is 4.71. The summed E-state index contributed by atoms with van der Waals surface area (Å²) in [6, 6.07) is 0.214. The lowest BCUT2D eigenvalue weighted by Crippen LogP contribution is -2.48. The van der Waals surface area contributed by atoms with Crippen LogP contribution in [0.4, 0.5) is 0 Å². The highest BCUT2D eigenvalue weighted by molar-refractivity contribution is 5.29. The zero-order chi connectivity index (χ0) is 15.6. The third-order valence-corrected chi connectivity index (χ3v) is 4.09. The fourth-order valence-corrected chi connectivity index (χ4v) is 3.22. The second-order valence-electron chi connectivity index (χ2n) is 6.98. The Hall–Kier alpha value is -0.910. The smallest absolute Gasteiger partial charge is 0.0895 e. The fraction of sp³-hybridized carbons (Fsp3) is 0.812. The van der Waals surface area contributed by atoms with Crippen molar-refractivity contribution in [3.8, 4) is 0 Å². The number of aromatic nitrogens is 2. The molecule has 2 atom stereocenters. The molecule has 120 valence electrons. The van der Waals surface area contributed by atoms with Crippen LogP contribution in [-0.2, 0) is 17.2 Å². The van der Waals surface area contributed by atoms with Gasteiger partial charge in [0.25, 0.3) is 0 Å². The summed E-state index contributed by atoms with van der Waals surface area (Å²) in [7, 11) is 1.99. The maximum absolute atomic E-state index is 5.98. The third kappa shape index (κ3) is 3.47. The van der Waals surface area contributed by atoms with Crippen molar-refractivity contribution < 1.29 is 4.74 Å². The number of ether oxygens (including phenoxy) is 1. The molecule has 2 N–H and O–H groups in total. The van der Waals surface area contributed by atoms with Gasteiger partial charge in [-0.3, -0.25) is 9.58 Å². The van der Waals surface area contributed by atoms with Gasteiger partial charge in [-0.05, 0) is 13.0 Å². The van der Waals surface area contributed by atoms with Crippen LogP contribution in [0.1, 0.15) is 51.4 Å². The van der Waals surface area contributed by atoms with Gasteiger partial charge in [0, 0.05) is 37.3 Å². The Labute approximate surface area is 128 Å². The van der Waals surface area contributed by atoms with Gasteiger partial charge >= 0.3 is 0 Å². The van der Waals surface area contributed by atoms with Crippen LogP contribution < -0.4 is 5.73 Å². The van der Waals surface area contributed by atoms with Crippen LogP contribution >= 0.6 is 0 Å². The lowest BCUT2D eigenvalue weighted by molar-refractivity contribution is -0.0681. The summed E-state index contributed by atoms with van der Waals surface area (Å²) < 4.78 is 7.86. The summed E-state index contributed by atoms with van der Waals surface area (Å²) in [5.74, 6) is 0. The normalized spacial score (nSPS) is 24.5. The monoisotopic (exact) mass is 294 g/mol. The summed E-state index contributed by atoms with van der Waals surface area (Å²) in [6.07, 6.45) is 3.33. The summed E-state index contributed by atoms with van der Waals surface area (Å²) in [4.78, 5) is 2.51. The molecule has 21 heavy (non-hydrogen) atoms. The maximum atomic E-state index is 5.98. The molecule has 1 aromatic rings. The number of nitrogens with zero attached hydrogens (tertiary/aromatic N) is 3. The van der Waals surface area contributed by atoms with Crippen LogP contribution in [0.25, 0.3) is 0 Å². The molecule has 0 radical (unpaired) electrons. The van der Waals surface area contributed by atoms with Crippen LogP contribution in [0.15, 0.2) is 6.20 Å². The molecule has 1 fully saturated rings. The molecule has 2 rings (SSSR count). The van der Waals surface area contributed by atoms with Gasteiger partial charge in [0.2, 0.25) is 0 Å². The highest BCUT2D eigenvalue weighted by Crippen LogP contribution is 2.35. The standard InChI is InChI=1S/C16H30N4O/c1-6-7-20-8-9-21-13(10-17)14(20)12-11-19(5)18-15(12)16(2,3)4/h11,13-14H,6-10,17H2,1-5H3. The van der Waals surface area contributed by atoms with E-state index in [4.69, 9.17) is 15.6 Å². The van der Waals surface area contributed by atoms with Crippen molar-refractivity contribution in [1.82, 2.24) is 14.7 Å². The molecule has 5 nitrogen and oxygen atoms in total. The predicted molar refractivity (Wildman–Crippen MR) is 85.3 cm³/mol. The van der Waals surface area contributed by atoms with Gasteiger partial charge in [-0.1, -0.05) is 27.7 Å². The van der Waals surface area contributed by atoms with E-state index in [-0.39, 0.29) is 17.6 Å². The highest BCUT2D eigenvalue weighted by atomic mass is 16.5. The van der Waals surface area contributed by atoms with Crippen molar-refractivity contribution in [3.63, 3.8) is 0 Å². The van der Waals surface area contributed by atoms with Gasteiger partial charge in [-0.15, -0.1) is 0 Å². The van der Waals surface area contributed by atoms with E-state index in [9.17, 15) is 0 Å². The Morgan fingerprint density at radius 3 is 2.71 bits per heavy atom. The number of aryl methyl sites for hydroxylation is 1. The van der Waals surface area contributed by atoms with E-state index in [0.717, 1.165) is 31.8 Å². The number of morpholine rings is 1. The van der Waals surface area contributed by atoms with Gasteiger partial charge in [-0.2, -0.15) is 5.10 Å². The van der Waals surface area contributed by atoms with Crippen LogP contribution in [-0.4, -0.2) is 47.0 Å². The van der Waals surface area contributed by atoms with Crippen LogP contribution in [0.2, 0.25) is 0 Å². The molecule has 0 bridgehead atoms. The van der Waals surface area contributed by atoms with Gasteiger partial charge in [0.15, 0.2) is 0 Å². The summed E-state index contributed by atoms with van der Waals surface area (Å²) in [5.41, 5.74) is 8.42. The number of nitrogens with two attached hydrogens (primary N) is 1. The minimum Gasteiger partial charge on any atom is -0.374 e. The zero-order valence-electron chi connectivity index (χ0n) is 14.1. The van der Waals surface area contributed by atoms with Crippen molar-refractivity contribution in [2.45, 2.75) is 51.7 Å². The average Bonchev–Trinajstić information content (AvgIpc) is 2.80. The minimum absolute atomic E-state index is 0.0189. The number of hydrogen-bond donors (Lipinski definition) is 1. The van der Waals surface area contributed by atoms with Crippen LogP contribution in [0, 0.1) is 0 Å². The van der Waals surface area contributed by atoms with Crippen molar-refractivity contribution in [3.05, 3.63) is 17.5 Å². The van der Waals surface area contributed by atoms with E-state index in [2.05, 4.69) is 38.8 Å². The topological polar surface area (TPSA) is 56.3 Å². The molecule has 2 heterocycles. The molecule has 0 spiro atoms. The SMILES string of the molecule is CCCN1CCOC(CN)C1c1cn(C)nc1C(C)(C)C. The van der Waals surface area contributed by atoms with E-state index in [1.54, 1.807) is 0 Å². The molecule has 0 saturated carbocycles. The molecular weight excluding hydrogens is 264 g/mol. The highest BCUT2D eigenvalue weighted by Gasteiger charge is 2.37. The van der Waals surface area contributed by atoms with Crippen LogP contribution in [0.5, 0.6) is 0 Å².